The quantitative estimate of drug-likeness (QED) is 0.749. The fourth-order valence-corrected chi connectivity index (χ4v) is 2.79. The number of rotatable bonds is 0. The van der Waals surface area contributed by atoms with Crippen LogP contribution in [0.5, 0.6) is 0 Å². The maximum Gasteiger partial charge on any atom is 0.411 e. The van der Waals surface area contributed by atoms with Gasteiger partial charge in [0.25, 0.3) is 0 Å². The standard InChI is InChI=1S/C12H10ClNO2/c13-8-1-2-9-7-3-4-14(12(15)16)11(5-7)10(9)6-8/h1-4,6-7,11H,5H2,(H,15,16)/t7-,11+/m0/s1. The molecule has 2 bridgehead atoms. The predicted molar refractivity (Wildman–Crippen MR) is 60.6 cm³/mol. The van der Waals surface area contributed by atoms with Gasteiger partial charge in [0.05, 0.1) is 6.04 Å². The van der Waals surface area contributed by atoms with Crippen LogP contribution in [0.2, 0.25) is 5.02 Å². The first-order valence-electron chi connectivity index (χ1n) is 5.16. The predicted octanol–water partition coefficient (Wildman–Crippen LogP) is 3.38. The highest BCUT2D eigenvalue weighted by atomic mass is 35.5. The lowest BCUT2D eigenvalue weighted by Crippen LogP contribution is -2.29. The fourth-order valence-electron chi connectivity index (χ4n) is 2.61. The lowest BCUT2D eigenvalue weighted by Gasteiger charge is -2.26. The highest BCUT2D eigenvalue weighted by Gasteiger charge is 2.38. The van der Waals surface area contributed by atoms with E-state index in [1.54, 1.807) is 6.20 Å². The van der Waals surface area contributed by atoms with Gasteiger partial charge in [-0.05, 0) is 29.7 Å². The van der Waals surface area contributed by atoms with E-state index >= 15 is 0 Å². The normalized spacial score (nSPS) is 25.7. The number of hydrogen-bond donors (Lipinski definition) is 1. The average Bonchev–Trinajstić information content (AvgIpc) is 2.52. The second-order valence-corrected chi connectivity index (χ2v) is 4.60. The van der Waals surface area contributed by atoms with E-state index in [4.69, 9.17) is 16.7 Å². The minimum Gasteiger partial charge on any atom is -0.465 e. The number of allylic oxidation sites excluding steroid dienone is 1. The highest BCUT2D eigenvalue weighted by molar-refractivity contribution is 6.30. The number of nitrogens with zero attached hydrogens (tertiary/aromatic N) is 1. The molecule has 2 aliphatic rings. The van der Waals surface area contributed by atoms with Crippen molar-refractivity contribution >= 4 is 17.7 Å². The number of carboxylic acid groups (broad SMARTS) is 1. The molecule has 0 spiro atoms. The van der Waals surface area contributed by atoms with Gasteiger partial charge in [0.1, 0.15) is 0 Å². The van der Waals surface area contributed by atoms with E-state index in [2.05, 4.69) is 0 Å². The minimum absolute atomic E-state index is 0.0683. The number of benzene rings is 1. The van der Waals surface area contributed by atoms with Crippen LogP contribution in [-0.2, 0) is 0 Å². The van der Waals surface area contributed by atoms with Crippen LogP contribution in [0.3, 0.4) is 0 Å². The summed E-state index contributed by atoms with van der Waals surface area (Å²) in [5.74, 6) is 0.341. The Bertz CT molecular complexity index is 498. The summed E-state index contributed by atoms with van der Waals surface area (Å²) in [6.45, 7) is 0. The van der Waals surface area contributed by atoms with Gasteiger partial charge in [-0.2, -0.15) is 0 Å². The maximum atomic E-state index is 11.1. The Morgan fingerprint density at radius 2 is 2.25 bits per heavy atom. The Morgan fingerprint density at radius 1 is 1.44 bits per heavy atom. The van der Waals surface area contributed by atoms with Crippen molar-refractivity contribution in [2.75, 3.05) is 0 Å². The van der Waals surface area contributed by atoms with Crippen LogP contribution in [0.1, 0.15) is 29.5 Å². The topological polar surface area (TPSA) is 40.5 Å². The number of halogens is 1. The van der Waals surface area contributed by atoms with Crippen molar-refractivity contribution in [1.29, 1.82) is 0 Å². The molecule has 1 aromatic carbocycles. The van der Waals surface area contributed by atoms with Crippen molar-refractivity contribution in [2.24, 2.45) is 0 Å². The monoisotopic (exact) mass is 235 g/mol. The molecule has 3 nitrogen and oxygen atoms in total. The molecule has 0 radical (unpaired) electrons. The molecule has 4 heteroatoms. The summed E-state index contributed by atoms with van der Waals surface area (Å²) in [7, 11) is 0. The zero-order valence-corrected chi connectivity index (χ0v) is 9.19. The average molecular weight is 236 g/mol. The van der Waals surface area contributed by atoms with Gasteiger partial charge in [-0.1, -0.05) is 23.7 Å². The summed E-state index contributed by atoms with van der Waals surface area (Å²) in [5.41, 5.74) is 2.25. The van der Waals surface area contributed by atoms with Crippen LogP contribution in [0, 0.1) is 0 Å². The molecular weight excluding hydrogens is 226 g/mol. The number of amides is 1. The summed E-state index contributed by atoms with van der Waals surface area (Å²) in [5, 5.41) is 9.76. The van der Waals surface area contributed by atoms with Gasteiger partial charge in [-0.3, -0.25) is 4.90 Å². The van der Waals surface area contributed by atoms with Gasteiger partial charge in [-0.15, -0.1) is 0 Å². The molecule has 3 rings (SSSR count). The molecule has 1 amide bonds. The van der Waals surface area contributed by atoms with E-state index in [0.29, 0.717) is 10.9 Å². The molecule has 1 aliphatic carbocycles. The van der Waals surface area contributed by atoms with Crippen LogP contribution in [-0.4, -0.2) is 16.1 Å². The molecule has 0 aromatic heterocycles. The molecule has 0 saturated heterocycles. The zero-order valence-electron chi connectivity index (χ0n) is 8.43. The number of hydrogen-bond acceptors (Lipinski definition) is 1. The van der Waals surface area contributed by atoms with Crippen molar-refractivity contribution < 1.29 is 9.90 Å². The van der Waals surface area contributed by atoms with Crippen LogP contribution in [0.25, 0.3) is 0 Å². The summed E-state index contributed by atoms with van der Waals surface area (Å²) >= 11 is 5.95. The SMILES string of the molecule is O=C(O)N1C=C[C@H]2C[C@@H]1c1cc(Cl)ccc12. The van der Waals surface area contributed by atoms with Crippen molar-refractivity contribution in [3.8, 4) is 0 Å². The van der Waals surface area contributed by atoms with Crippen molar-refractivity contribution in [2.45, 2.75) is 18.4 Å². The molecule has 16 heavy (non-hydrogen) atoms. The summed E-state index contributed by atoms with van der Waals surface area (Å²) in [6, 6.07) is 5.67. The van der Waals surface area contributed by atoms with Crippen molar-refractivity contribution in [3.63, 3.8) is 0 Å². The second-order valence-electron chi connectivity index (χ2n) is 4.16. The Hall–Kier alpha value is -1.48. The molecule has 2 atom stereocenters. The van der Waals surface area contributed by atoms with Gasteiger partial charge in [0, 0.05) is 17.1 Å². The van der Waals surface area contributed by atoms with Gasteiger partial charge in [0.2, 0.25) is 0 Å². The molecule has 1 aromatic rings. The molecule has 1 N–H and O–H groups in total. The number of carbonyl (C=O) groups is 1. The first-order chi connectivity index (χ1) is 7.66. The second kappa shape index (κ2) is 3.25. The Labute approximate surface area is 97.9 Å². The first kappa shape index (κ1) is 9.73. The Kier molecular flexibility index (Phi) is 1.98. The van der Waals surface area contributed by atoms with Gasteiger partial charge in [-0.25, -0.2) is 4.79 Å². The Morgan fingerprint density at radius 3 is 3.00 bits per heavy atom. The molecular formula is C12H10ClNO2. The van der Waals surface area contributed by atoms with E-state index < -0.39 is 6.09 Å². The van der Waals surface area contributed by atoms with Crippen LogP contribution < -0.4 is 0 Å². The van der Waals surface area contributed by atoms with E-state index in [0.717, 1.165) is 12.0 Å². The molecule has 82 valence electrons. The zero-order chi connectivity index (χ0) is 11.3. The molecule has 0 unspecified atom stereocenters. The van der Waals surface area contributed by atoms with Gasteiger partial charge in [0.15, 0.2) is 0 Å². The van der Waals surface area contributed by atoms with E-state index in [-0.39, 0.29) is 6.04 Å². The minimum atomic E-state index is -0.910. The maximum absolute atomic E-state index is 11.1. The van der Waals surface area contributed by atoms with E-state index in [1.807, 2.05) is 24.3 Å². The van der Waals surface area contributed by atoms with Crippen molar-refractivity contribution in [3.05, 3.63) is 46.6 Å². The third-order valence-corrected chi connectivity index (χ3v) is 3.56. The third-order valence-electron chi connectivity index (χ3n) is 3.32. The molecule has 1 aliphatic heterocycles. The van der Waals surface area contributed by atoms with Crippen LogP contribution in [0.4, 0.5) is 4.79 Å². The summed E-state index contributed by atoms with van der Waals surface area (Å²) in [6.07, 6.45) is 3.53. The van der Waals surface area contributed by atoms with E-state index in [9.17, 15) is 4.79 Å². The third kappa shape index (κ3) is 1.25. The fraction of sp³-hybridized carbons (Fsp3) is 0.250. The van der Waals surface area contributed by atoms with Crippen LogP contribution in [0.15, 0.2) is 30.5 Å². The summed E-state index contributed by atoms with van der Waals surface area (Å²) in [4.78, 5) is 12.4. The smallest absolute Gasteiger partial charge is 0.411 e. The van der Waals surface area contributed by atoms with Crippen LogP contribution >= 0.6 is 11.6 Å². The molecule has 0 fully saturated rings. The number of fused-ring (bicyclic) bond motifs is 5. The lowest BCUT2D eigenvalue weighted by molar-refractivity contribution is 0.144. The highest BCUT2D eigenvalue weighted by Crippen LogP contribution is 2.47. The molecule has 0 saturated carbocycles. The Balaban J connectivity index is 2.12. The largest absolute Gasteiger partial charge is 0.465 e. The lowest BCUT2D eigenvalue weighted by atomic mass is 10.0. The summed E-state index contributed by atoms with van der Waals surface area (Å²) < 4.78 is 0. The van der Waals surface area contributed by atoms with E-state index in [1.165, 1.54) is 10.5 Å². The van der Waals surface area contributed by atoms with Gasteiger partial charge < -0.3 is 5.11 Å². The first-order valence-corrected chi connectivity index (χ1v) is 5.53. The van der Waals surface area contributed by atoms with Crippen molar-refractivity contribution in [1.82, 2.24) is 4.90 Å². The van der Waals surface area contributed by atoms with Gasteiger partial charge >= 0.3 is 6.09 Å². The molecule has 1 heterocycles.